The molecule has 0 aliphatic rings. The lowest BCUT2D eigenvalue weighted by molar-refractivity contribution is 0.0692. The van der Waals surface area contributed by atoms with Crippen LogP contribution in [-0.4, -0.2) is 36.5 Å². The number of aryl methyl sites for hydroxylation is 2. The van der Waals surface area contributed by atoms with E-state index in [0.717, 1.165) is 5.69 Å². The SMILES string of the molecule is Cc1cc(NC(=O)c2nn(C)cc2C(=O)O)n(C(C)C)n1. The molecule has 0 aromatic carbocycles. The molecule has 2 rings (SSSR count). The molecule has 2 aromatic heterocycles. The summed E-state index contributed by atoms with van der Waals surface area (Å²) in [5.41, 5.74) is 0.500. The minimum atomic E-state index is -1.19. The molecule has 0 bridgehead atoms. The second kappa shape index (κ2) is 5.39. The maximum atomic E-state index is 12.2. The number of carbonyl (C=O) groups excluding carboxylic acids is 1. The number of aromatic nitrogens is 4. The first kappa shape index (κ1) is 14.8. The second-order valence-electron chi connectivity index (χ2n) is 5.03. The van der Waals surface area contributed by atoms with Gasteiger partial charge in [-0.1, -0.05) is 0 Å². The van der Waals surface area contributed by atoms with Gasteiger partial charge >= 0.3 is 5.97 Å². The van der Waals surface area contributed by atoms with Gasteiger partial charge in [-0.3, -0.25) is 9.48 Å². The number of carbonyl (C=O) groups is 2. The van der Waals surface area contributed by atoms with Crippen LogP contribution in [0.5, 0.6) is 0 Å². The van der Waals surface area contributed by atoms with Gasteiger partial charge < -0.3 is 10.4 Å². The molecule has 0 atom stereocenters. The Balaban J connectivity index is 2.33. The Bertz CT molecular complexity index is 699. The summed E-state index contributed by atoms with van der Waals surface area (Å²) in [6.45, 7) is 5.69. The van der Waals surface area contributed by atoms with Gasteiger partial charge in [-0.25, -0.2) is 9.48 Å². The molecule has 8 heteroatoms. The van der Waals surface area contributed by atoms with Crippen LogP contribution in [0.1, 0.15) is 46.4 Å². The summed E-state index contributed by atoms with van der Waals surface area (Å²) in [7, 11) is 1.56. The van der Waals surface area contributed by atoms with E-state index in [2.05, 4.69) is 15.5 Å². The van der Waals surface area contributed by atoms with E-state index in [1.165, 1.54) is 10.9 Å². The standard InChI is InChI=1S/C13H17N5O3/c1-7(2)18-10(5-8(3)15-18)14-12(19)11-9(13(20)21)6-17(4)16-11/h5-7H,1-4H3,(H,14,19)(H,20,21). The Labute approximate surface area is 121 Å². The van der Waals surface area contributed by atoms with E-state index < -0.39 is 11.9 Å². The molecule has 0 aliphatic heterocycles. The van der Waals surface area contributed by atoms with Crippen LogP contribution in [0.25, 0.3) is 0 Å². The molecular weight excluding hydrogens is 274 g/mol. The third kappa shape index (κ3) is 2.93. The predicted molar refractivity (Wildman–Crippen MR) is 75.5 cm³/mol. The van der Waals surface area contributed by atoms with Gasteiger partial charge in [0.05, 0.1) is 5.69 Å². The largest absolute Gasteiger partial charge is 0.478 e. The fourth-order valence-corrected chi connectivity index (χ4v) is 1.99. The number of hydrogen-bond donors (Lipinski definition) is 2. The predicted octanol–water partition coefficient (Wildman–Crippen LogP) is 1.46. The molecule has 2 aromatic rings. The van der Waals surface area contributed by atoms with Crippen molar-refractivity contribution in [3.8, 4) is 0 Å². The first-order valence-electron chi connectivity index (χ1n) is 6.44. The molecule has 8 nitrogen and oxygen atoms in total. The number of nitrogens with one attached hydrogen (secondary N) is 1. The fraction of sp³-hybridized carbons (Fsp3) is 0.385. The van der Waals surface area contributed by atoms with Crippen molar-refractivity contribution in [1.82, 2.24) is 19.6 Å². The van der Waals surface area contributed by atoms with Gasteiger partial charge in [0.15, 0.2) is 5.69 Å². The van der Waals surface area contributed by atoms with Crippen molar-refractivity contribution >= 4 is 17.7 Å². The van der Waals surface area contributed by atoms with Crippen molar-refractivity contribution in [2.75, 3.05) is 5.32 Å². The molecule has 112 valence electrons. The van der Waals surface area contributed by atoms with Crippen molar-refractivity contribution < 1.29 is 14.7 Å². The lowest BCUT2D eigenvalue weighted by atomic mass is 10.2. The van der Waals surface area contributed by atoms with E-state index in [1.807, 2.05) is 20.8 Å². The van der Waals surface area contributed by atoms with Crippen molar-refractivity contribution in [3.63, 3.8) is 0 Å². The number of hydrogen-bond acceptors (Lipinski definition) is 4. The summed E-state index contributed by atoms with van der Waals surface area (Å²) in [6, 6.07) is 1.79. The molecule has 0 saturated heterocycles. The van der Waals surface area contributed by atoms with Crippen molar-refractivity contribution in [3.05, 3.63) is 29.2 Å². The lowest BCUT2D eigenvalue weighted by Crippen LogP contribution is -2.19. The molecule has 1 amide bonds. The van der Waals surface area contributed by atoms with Crippen LogP contribution in [0.4, 0.5) is 5.82 Å². The van der Waals surface area contributed by atoms with Gasteiger partial charge in [-0.05, 0) is 20.8 Å². The summed E-state index contributed by atoms with van der Waals surface area (Å²) in [4.78, 5) is 23.4. The number of carboxylic acids is 1. The quantitative estimate of drug-likeness (QED) is 0.887. The molecule has 0 unspecified atom stereocenters. The average Bonchev–Trinajstić information content (AvgIpc) is 2.92. The third-order valence-corrected chi connectivity index (χ3v) is 2.86. The summed E-state index contributed by atoms with van der Waals surface area (Å²) < 4.78 is 2.96. The van der Waals surface area contributed by atoms with Crippen molar-refractivity contribution in [1.29, 1.82) is 0 Å². The normalized spacial score (nSPS) is 10.9. The minimum Gasteiger partial charge on any atom is -0.478 e. The Kier molecular flexibility index (Phi) is 3.79. The van der Waals surface area contributed by atoms with E-state index >= 15 is 0 Å². The zero-order valence-electron chi connectivity index (χ0n) is 12.3. The third-order valence-electron chi connectivity index (χ3n) is 2.86. The minimum absolute atomic E-state index is 0.0664. The number of nitrogens with zero attached hydrogens (tertiary/aromatic N) is 4. The van der Waals surface area contributed by atoms with Crippen LogP contribution in [0.3, 0.4) is 0 Å². The Morgan fingerprint density at radius 1 is 1.33 bits per heavy atom. The first-order chi connectivity index (χ1) is 9.79. The molecule has 2 N–H and O–H groups in total. The maximum absolute atomic E-state index is 12.2. The van der Waals surface area contributed by atoms with Crippen molar-refractivity contribution in [2.45, 2.75) is 26.8 Å². The smallest absolute Gasteiger partial charge is 0.339 e. The number of carboxylic acid groups (broad SMARTS) is 1. The Morgan fingerprint density at radius 3 is 2.57 bits per heavy atom. The van der Waals surface area contributed by atoms with Crippen molar-refractivity contribution in [2.24, 2.45) is 7.05 Å². The zero-order valence-corrected chi connectivity index (χ0v) is 12.3. The van der Waals surface area contributed by atoms with Gasteiger partial charge in [-0.2, -0.15) is 10.2 Å². The molecule has 0 aliphatic carbocycles. The van der Waals surface area contributed by atoms with Gasteiger partial charge in [0.1, 0.15) is 11.4 Å². The molecule has 0 spiro atoms. The van der Waals surface area contributed by atoms with Crippen LogP contribution in [-0.2, 0) is 7.05 Å². The van der Waals surface area contributed by atoms with E-state index in [0.29, 0.717) is 5.82 Å². The molecular formula is C13H17N5O3. The van der Waals surface area contributed by atoms with Crippen LogP contribution < -0.4 is 5.32 Å². The lowest BCUT2D eigenvalue weighted by Gasteiger charge is -2.11. The Hall–Kier alpha value is -2.64. The number of amides is 1. The van der Waals surface area contributed by atoms with Crippen LogP contribution in [0.2, 0.25) is 0 Å². The highest BCUT2D eigenvalue weighted by Gasteiger charge is 2.22. The summed E-state index contributed by atoms with van der Waals surface area (Å²) in [6.07, 6.45) is 1.29. The van der Waals surface area contributed by atoms with Gasteiger partial charge in [0, 0.05) is 25.4 Å². The topological polar surface area (TPSA) is 102 Å². The highest BCUT2D eigenvalue weighted by atomic mass is 16.4. The number of aromatic carboxylic acids is 1. The van der Waals surface area contributed by atoms with E-state index in [1.54, 1.807) is 17.8 Å². The molecule has 0 radical (unpaired) electrons. The summed E-state index contributed by atoms with van der Waals surface area (Å²) >= 11 is 0. The van der Waals surface area contributed by atoms with Gasteiger partial charge in [0.2, 0.25) is 0 Å². The average molecular weight is 291 g/mol. The molecule has 2 heterocycles. The van der Waals surface area contributed by atoms with E-state index in [4.69, 9.17) is 5.11 Å². The highest BCUT2D eigenvalue weighted by molar-refractivity contribution is 6.09. The van der Waals surface area contributed by atoms with Crippen LogP contribution >= 0.6 is 0 Å². The Morgan fingerprint density at radius 2 is 2.00 bits per heavy atom. The molecule has 21 heavy (non-hydrogen) atoms. The van der Waals surface area contributed by atoms with E-state index in [9.17, 15) is 9.59 Å². The maximum Gasteiger partial charge on any atom is 0.339 e. The van der Waals surface area contributed by atoms with E-state index in [-0.39, 0.29) is 17.3 Å². The summed E-state index contributed by atoms with van der Waals surface area (Å²) in [5.74, 6) is -1.26. The van der Waals surface area contributed by atoms with Crippen LogP contribution in [0.15, 0.2) is 12.3 Å². The fourth-order valence-electron chi connectivity index (χ4n) is 1.99. The molecule has 0 saturated carbocycles. The zero-order chi connectivity index (χ0) is 15.7. The first-order valence-corrected chi connectivity index (χ1v) is 6.44. The second-order valence-corrected chi connectivity index (χ2v) is 5.03. The number of rotatable bonds is 4. The van der Waals surface area contributed by atoms with Gasteiger partial charge in [-0.15, -0.1) is 0 Å². The highest BCUT2D eigenvalue weighted by Crippen LogP contribution is 2.17. The van der Waals surface area contributed by atoms with Gasteiger partial charge in [0.25, 0.3) is 5.91 Å². The van der Waals surface area contributed by atoms with Crippen LogP contribution in [0, 0.1) is 6.92 Å². The monoisotopic (exact) mass is 291 g/mol. The number of anilines is 1. The molecule has 0 fully saturated rings. The summed E-state index contributed by atoms with van der Waals surface area (Å²) in [5, 5.41) is 19.9.